The van der Waals surface area contributed by atoms with Crippen LogP contribution in [0.5, 0.6) is 0 Å². The molecule has 0 atom stereocenters. The maximum atomic E-state index is 12.8. The molecule has 3 N–H and O–H groups in total. The van der Waals surface area contributed by atoms with Crippen LogP contribution in [0.2, 0.25) is 0 Å². The van der Waals surface area contributed by atoms with E-state index in [9.17, 15) is 23.1 Å². The quantitative estimate of drug-likeness (QED) is 0.392. The summed E-state index contributed by atoms with van der Waals surface area (Å²) in [6.07, 6.45) is 0. The van der Waals surface area contributed by atoms with Crippen molar-refractivity contribution >= 4 is 44.2 Å². The van der Waals surface area contributed by atoms with Crippen molar-refractivity contribution in [2.24, 2.45) is 0 Å². The summed E-state index contributed by atoms with van der Waals surface area (Å²) < 4.78 is 33.1. The monoisotopic (exact) mass is 462 g/mol. The lowest BCUT2D eigenvalue weighted by molar-refractivity contribution is 0.0698. The fourth-order valence-corrected chi connectivity index (χ4v) is 4.14. The number of fused-ring (bicyclic) bond motifs is 1. The molecule has 33 heavy (non-hydrogen) atoms. The van der Waals surface area contributed by atoms with E-state index < -0.39 is 21.9 Å². The standard InChI is InChI=1S/C22H14N4O6S/c23-12-13-6-8-18(17(10-13)22(28)29)24-21(27)20-16-11-15(7-9-19(16)25-32-20)33(30,31)26-14-4-2-1-3-5-14/h1-11,26H,(H,24,27)(H,28,29). The number of aromatic nitrogens is 1. The lowest BCUT2D eigenvalue weighted by Crippen LogP contribution is -2.15. The molecule has 10 nitrogen and oxygen atoms in total. The lowest BCUT2D eigenvalue weighted by atomic mass is 10.1. The van der Waals surface area contributed by atoms with Crippen LogP contribution in [0.25, 0.3) is 10.9 Å². The van der Waals surface area contributed by atoms with Crippen LogP contribution in [0.1, 0.15) is 26.5 Å². The van der Waals surface area contributed by atoms with Gasteiger partial charge in [0.15, 0.2) is 0 Å². The molecule has 164 valence electrons. The molecule has 1 heterocycles. The Morgan fingerprint density at radius 2 is 1.79 bits per heavy atom. The Hall–Kier alpha value is -4.69. The summed E-state index contributed by atoms with van der Waals surface area (Å²) in [6.45, 7) is 0. The number of aromatic carboxylic acids is 1. The molecule has 0 saturated heterocycles. The van der Waals surface area contributed by atoms with E-state index in [0.29, 0.717) is 5.69 Å². The minimum atomic E-state index is -3.97. The summed E-state index contributed by atoms with van der Waals surface area (Å²) in [4.78, 5) is 24.2. The molecule has 0 fully saturated rings. The van der Waals surface area contributed by atoms with Crippen molar-refractivity contribution in [1.82, 2.24) is 5.16 Å². The van der Waals surface area contributed by atoms with Crippen LogP contribution < -0.4 is 10.0 Å². The largest absolute Gasteiger partial charge is 0.478 e. The number of rotatable bonds is 6. The fraction of sp³-hybridized carbons (Fsp3) is 0. The predicted molar refractivity (Wildman–Crippen MR) is 117 cm³/mol. The SMILES string of the molecule is N#Cc1ccc(NC(=O)c2onc3ccc(S(=O)(=O)Nc4ccccc4)cc23)c(C(=O)O)c1. The highest BCUT2D eigenvalue weighted by Gasteiger charge is 2.23. The summed E-state index contributed by atoms with van der Waals surface area (Å²) in [5.74, 6) is -2.48. The highest BCUT2D eigenvalue weighted by molar-refractivity contribution is 7.92. The zero-order valence-electron chi connectivity index (χ0n) is 16.6. The Kier molecular flexibility index (Phi) is 5.51. The van der Waals surface area contributed by atoms with E-state index in [-0.39, 0.29) is 38.4 Å². The molecule has 0 saturated carbocycles. The third-order valence-electron chi connectivity index (χ3n) is 4.62. The number of nitrogens with one attached hydrogen (secondary N) is 2. The van der Waals surface area contributed by atoms with Crippen LogP contribution in [0.4, 0.5) is 11.4 Å². The number of carboxylic acid groups (broad SMARTS) is 1. The van der Waals surface area contributed by atoms with E-state index in [1.165, 1.54) is 30.3 Å². The van der Waals surface area contributed by atoms with Crippen LogP contribution in [0.15, 0.2) is 76.1 Å². The number of benzene rings is 3. The molecule has 4 aromatic rings. The maximum Gasteiger partial charge on any atom is 0.337 e. The van der Waals surface area contributed by atoms with Crippen LogP contribution in [0.3, 0.4) is 0 Å². The normalized spacial score (nSPS) is 11.0. The predicted octanol–water partition coefficient (Wildman–Crippen LogP) is 3.45. The number of nitrogens with zero attached hydrogens (tertiary/aromatic N) is 2. The van der Waals surface area contributed by atoms with Crippen molar-refractivity contribution in [3.63, 3.8) is 0 Å². The molecular weight excluding hydrogens is 448 g/mol. The van der Waals surface area contributed by atoms with Gasteiger partial charge in [-0.1, -0.05) is 23.4 Å². The first-order valence-electron chi connectivity index (χ1n) is 9.34. The minimum absolute atomic E-state index is 0.0643. The topological polar surface area (TPSA) is 162 Å². The van der Waals surface area contributed by atoms with Crippen molar-refractivity contribution in [1.29, 1.82) is 5.26 Å². The van der Waals surface area contributed by atoms with Gasteiger partial charge in [-0.25, -0.2) is 13.2 Å². The Bertz CT molecular complexity index is 1540. The van der Waals surface area contributed by atoms with E-state index in [0.717, 1.165) is 6.07 Å². The zero-order valence-corrected chi connectivity index (χ0v) is 17.5. The molecule has 1 amide bonds. The molecular formula is C22H14N4O6S. The number of carbonyl (C=O) groups is 2. The van der Waals surface area contributed by atoms with Crippen LogP contribution >= 0.6 is 0 Å². The summed E-state index contributed by atoms with van der Waals surface area (Å²) in [5.41, 5.74) is 0.350. The van der Waals surface area contributed by atoms with Gasteiger partial charge in [0.2, 0.25) is 5.76 Å². The molecule has 0 aliphatic rings. The Morgan fingerprint density at radius 3 is 2.48 bits per heavy atom. The van der Waals surface area contributed by atoms with Crippen molar-refractivity contribution in [2.45, 2.75) is 4.90 Å². The first-order chi connectivity index (χ1) is 15.8. The Morgan fingerprint density at radius 1 is 1.03 bits per heavy atom. The molecule has 11 heteroatoms. The van der Waals surface area contributed by atoms with Gasteiger partial charge >= 0.3 is 5.97 Å². The average Bonchev–Trinajstić information content (AvgIpc) is 3.23. The molecule has 0 spiro atoms. The van der Waals surface area contributed by atoms with Gasteiger partial charge in [0.1, 0.15) is 5.52 Å². The van der Waals surface area contributed by atoms with Crippen molar-refractivity contribution < 1.29 is 27.6 Å². The van der Waals surface area contributed by atoms with E-state index >= 15 is 0 Å². The zero-order chi connectivity index (χ0) is 23.6. The number of nitriles is 1. The third-order valence-corrected chi connectivity index (χ3v) is 6.00. The number of carboxylic acids is 1. The van der Waals surface area contributed by atoms with Gasteiger partial charge in [-0.2, -0.15) is 5.26 Å². The number of para-hydroxylation sites is 1. The van der Waals surface area contributed by atoms with E-state index in [1.807, 2.05) is 6.07 Å². The molecule has 0 aliphatic heterocycles. The van der Waals surface area contributed by atoms with Crippen LogP contribution in [-0.2, 0) is 10.0 Å². The molecule has 1 aromatic heterocycles. The van der Waals surface area contributed by atoms with Gasteiger partial charge in [-0.05, 0) is 48.5 Å². The van der Waals surface area contributed by atoms with Gasteiger partial charge in [0, 0.05) is 5.69 Å². The van der Waals surface area contributed by atoms with Crippen molar-refractivity contribution in [2.75, 3.05) is 10.0 Å². The number of carbonyl (C=O) groups excluding carboxylic acids is 1. The summed E-state index contributed by atoms with van der Waals surface area (Å²) >= 11 is 0. The molecule has 4 rings (SSSR count). The van der Waals surface area contributed by atoms with Gasteiger partial charge in [-0.15, -0.1) is 0 Å². The van der Waals surface area contributed by atoms with Gasteiger partial charge < -0.3 is 14.9 Å². The maximum absolute atomic E-state index is 12.8. The second kappa shape index (κ2) is 8.45. The number of amides is 1. The average molecular weight is 462 g/mol. The second-order valence-electron chi connectivity index (χ2n) is 6.79. The first-order valence-corrected chi connectivity index (χ1v) is 10.8. The molecule has 0 radical (unpaired) electrons. The van der Waals surface area contributed by atoms with Crippen LogP contribution in [0, 0.1) is 11.3 Å². The Labute approximate surface area is 187 Å². The van der Waals surface area contributed by atoms with E-state index in [1.54, 1.807) is 30.3 Å². The number of hydrogen-bond donors (Lipinski definition) is 3. The fourth-order valence-electron chi connectivity index (χ4n) is 3.05. The van der Waals surface area contributed by atoms with Crippen molar-refractivity contribution in [3.05, 3.63) is 83.6 Å². The van der Waals surface area contributed by atoms with E-state index in [2.05, 4.69) is 15.2 Å². The molecule has 3 aromatic carbocycles. The highest BCUT2D eigenvalue weighted by atomic mass is 32.2. The van der Waals surface area contributed by atoms with Gasteiger partial charge in [0.05, 0.1) is 33.2 Å². The van der Waals surface area contributed by atoms with E-state index in [4.69, 9.17) is 9.78 Å². The van der Waals surface area contributed by atoms with Crippen LogP contribution in [-0.4, -0.2) is 30.6 Å². The number of anilines is 2. The second-order valence-corrected chi connectivity index (χ2v) is 8.48. The summed E-state index contributed by atoms with van der Waals surface area (Å²) in [7, 11) is -3.97. The first kappa shape index (κ1) is 21.5. The summed E-state index contributed by atoms with van der Waals surface area (Å²) in [6, 6.07) is 17.8. The summed E-state index contributed by atoms with van der Waals surface area (Å²) in [5, 5.41) is 24.6. The minimum Gasteiger partial charge on any atom is -0.478 e. The smallest absolute Gasteiger partial charge is 0.337 e. The lowest BCUT2D eigenvalue weighted by Gasteiger charge is -2.09. The number of sulfonamides is 1. The van der Waals surface area contributed by atoms with Gasteiger partial charge in [0.25, 0.3) is 15.9 Å². The third kappa shape index (κ3) is 4.36. The highest BCUT2D eigenvalue weighted by Crippen LogP contribution is 2.26. The molecule has 0 aliphatic carbocycles. The molecule has 0 unspecified atom stereocenters. The Balaban J connectivity index is 1.68. The molecule has 0 bridgehead atoms. The van der Waals surface area contributed by atoms with Crippen molar-refractivity contribution in [3.8, 4) is 6.07 Å². The number of hydrogen-bond acceptors (Lipinski definition) is 7. The van der Waals surface area contributed by atoms with Gasteiger partial charge in [-0.3, -0.25) is 9.52 Å².